The van der Waals surface area contributed by atoms with Crippen molar-refractivity contribution >= 4 is 28.1 Å². The Bertz CT molecular complexity index is 1580. The maximum absolute atomic E-state index is 13.9. The number of nitrogens with zero attached hydrogens (tertiary/aromatic N) is 2. The first-order valence-corrected chi connectivity index (χ1v) is 14.4. The topological polar surface area (TPSA) is 17.8 Å². The lowest BCUT2D eigenvalue weighted by Gasteiger charge is -2.36. The third-order valence-corrected chi connectivity index (χ3v) is 8.56. The molecular weight excluding hydrogens is 518 g/mol. The van der Waals surface area contributed by atoms with Gasteiger partial charge in [-0.2, -0.15) is 0 Å². The van der Waals surface area contributed by atoms with Crippen LogP contribution in [0.15, 0.2) is 170 Å². The van der Waals surface area contributed by atoms with E-state index in [9.17, 15) is 4.39 Å². The molecule has 0 spiro atoms. The van der Waals surface area contributed by atoms with Crippen LogP contribution in [0, 0.1) is 5.82 Å². The molecule has 4 radical (unpaired) electrons. The van der Waals surface area contributed by atoms with Crippen molar-refractivity contribution in [3.63, 3.8) is 0 Å². The summed E-state index contributed by atoms with van der Waals surface area (Å²) in [4.78, 5) is 4.29. The Morgan fingerprint density at radius 2 is 1.20 bits per heavy atom. The van der Waals surface area contributed by atoms with Gasteiger partial charge in [0.2, 0.25) is 0 Å². The number of imidazole rings is 1. The maximum Gasteiger partial charge on any atom is 0.127 e. The van der Waals surface area contributed by atoms with Gasteiger partial charge in [0, 0.05) is 12.4 Å². The second-order valence-corrected chi connectivity index (χ2v) is 10.9. The molecule has 0 amide bonds. The van der Waals surface area contributed by atoms with E-state index in [4.69, 9.17) is 7.85 Å². The van der Waals surface area contributed by atoms with Crippen LogP contribution >= 0.6 is 0 Å². The second kappa shape index (κ2) is 13.6. The number of aromatic nitrogens is 2. The molecule has 0 saturated heterocycles. The summed E-state index contributed by atoms with van der Waals surface area (Å²) < 4.78 is 16.0. The van der Waals surface area contributed by atoms with Crippen molar-refractivity contribution in [3.05, 3.63) is 198 Å². The summed E-state index contributed by atoms with van der Waals surface area (Å²) in [5, 5.41) is 0.485. The Hall–Kier alpha value is -4.74. The van der Waals surface area contributed by atoms with Gasteiger partial charge in [-0.05, 0) is 40.0 Å². The van der Waals surface area contributed by atoms with Gasteiger partial charge in [0.15, 0.2) is 0 Å². The first kappa shape index (κ1) is 27.8. The normalized spacial score (nSPS) is 10.8. The summed E-state index contributed by atoms with van der Waals surface area (Å²) in [5.74, 6) is 1.45. The van der Waals surface area contributed by atoms with E-state index in [2.05, 4.69) is 58.1 Å². The molecule has 0 aliphatic rings. The van der Waals surface area contributed by atoms with Gasteiger partial charge >= 0.3 is 0 Å². The van der Waals surface area contributed by atoms with Crippen molar-refractivity contribution in [2.75, 3.05) is 0 Å². The number of hydrogen-bond acceptors (Lipinski definition) is 1. The van der Waals surface area contributed by atoms with Gasteiger partial charge in [0.05, 0.1) is 11.5 Å². The van der Waals surface area contributed by atoms with Crippen molar-refractivity contribution in [3.8, 4) is 0 Å². The molecule has 5 heteroatoms. The first-order valence-electron chi connectivity index (χ1n) is 13.4. The standard InChI is InChI=1S/C22H17FN2Si.C14H11B/c23-20-12-7-13-21(16-20)26-22(25-15-14-24-17-25,18-8-3-1-4-9-18)19-10-5-2-6-11-19;15-11-14(12-7-3-1-4-8-12)13-9-5-2-6-10-13/h1-17H;1-11H. The Kier molecular flexibility index (Phi) is 9.20. The molecule has 196 valence electrons. The lowest BCUT2D eigenvalue weighted by molar-refractivity contribution is 0.596. The van der Waals surface area contributed by atoms with Crippen molar-refractivity contribution < 1.29 is 4.39 Å². The van der Waals surface area contributed by atoms with E-state index in [-0.39, 0.29) is 5.82 Å². The predicted molar refractivity (Wildman–Crippen MR) is 169 cm³/mol. The largest absolute Gasteiger partial charge is 0.326 e. The Balaban J connectivity index is 0.000000191. The molecule has 2 nitrogen and oxygen atoms in total. The molecule has 1 aromatic heterocycles. The molecule has 0 bridgehead atoms. The highest BCUT2D eigenvalue weighted by Gasteiger charge is 2.37. The number of rotatable bonds is 7. The van der Waals surface area contributed by atoms with E-state index in [1.165, 1.54) is 6.07 Å². The summed E-state index contributed by atoms with van der Waals surface area (Å²) in [6.07, 6.45) is 5.61. The fourth-order valence-corrected chi connectivity index (χ4v) is 6.55. The SMILES string of the molecule is Fc1cccc([Si]C(c2ccccc2)(c2ccccc2)n2ccnc2)c1.[B]C=C(c1ccccc1)c1ccccc1. The molecule has 6 rings (SSSR count). The van der Waals surface area contributed by atoms with Gasteiger partial charge < -0.3 is 4.57 Å². The van der Waals surface area contributed by atoms with Crippen LogP contribution in [0.3, 0.4) is 0 Å². The lowest BCUT2D eigenvalue weighted by Crippen LogP contribution is -2.46. The highest BCUT2D eigenvalue weighted by Crippen LogP contribution is 2.33. The molecule has 0 N–H and O–H groups in total. The number of halogens is 1. The van der Waals surface area contributed by atoms with E-state index >= 15 is 0 Å². The smallest absolute Gasteiger partial charge is 0.127 e. The molecule has 0 unspecified atom stereocenters. The van der Waals surface area contributed by atoms with Crippen LogP contribution in [0.2, 0.25) is 0 Å². The minimum Gasteiger partial charge on any atom is -0.326 e. The fraction of sp³-hybridized carbons (Fsp3) is 0.0278. The zero-order valence-electron chi connectivity index (χ0n) is 22.5. The molecule has 41 heavy (non-hydrogen) atoms. The van der Waals surface area contributed by atoms with Gasteiger partial charge in [-0.25, -0.2) is 9.37 Å². The highest BCUT2D eigenvalue weighted by atomic mass is 28.2. The maximum atomic E-state index is 13.9. The van der Waals surface area contributed by atoms with Gasteiger partial charge in [-0.1, -0.05) is 139 Å². The van der Waals surface area contributed by atoms with Crippen molar-refractivity contribution in [1.29, 1.82) is 0 Å². The van der Waals surface area contributed by atoms with E-state index in [1.54, 1.807) is 24.3 Å². The number of benzene rings is 5. The molecule has 0 aliphatic heterocycles. The van der Waals surface area contributed by atoms with Crippen LogP contribution in [0.25, 0.3) is 5.57 Å². The van der Waals surface area contributed by atoms with Crippen LogP contribution in [0.5, 0.6) is 0 Å². The quantitative estimate of drug-likeness (QED) is 0.196. The summed E-state index contributed by atoms with van der Waals surface area (Å²) in [6, 6.07) is 47.9. The van der Waals surface area contributed by atoms with Crippen molar-refractivity contribution in [2.24, 2.45) is 0 Å². The predicted octanol–water partition coefficient (Wildman–Crippen LogP) is 7.05. The zero-order valence-corrected chi connectivity index (χ0v) is 23.5. The Morgan fingerprint density at radius 3 is 1.63 bits per heavy atom. The van der Waals surface area contributed by atoms with E-state index in [0.717, 1.165) is 33.0 Å². The zero-order chi connectivity index (χ0) is 28.3. The average Bonchev–Trinajstić information content (AvgIpc) is 3.58. The molecule has 0 atom stereocenters. The minimum absolute atomic E-state index is 0.212. The van der Waals surface area contributed by atoms with Crippen molar-refractivity contribution in [1.82, 2.24) is 9.55 Å². The second-order valence-electron chi connectivity index (χ2n) is 9.36. The van der Waals surface area contributed by atoms with E-state index in [1.807, 2.05) is 91.4 Å². The monoisotopic (exact) mass is 546 g/mol. The molecule has 0 aliphatic carbocycles. The van der Waals surface area contributed by atoms with Crippen LogP contribution in [-0.2, 0) is 5.16 Å². The highest BCUT2D eigenvalue weighted by molar-refractivity contribution is 6.57. The Morgan fingerprint density at radius 1 is 0.683 bits per heavy atom. The first-order chi connectivity index (χ1) is 20.2. The lowest BCUT2D eigenvalue weighted by atomic mass is 9.92. The van der Waals surface area contributed by atoms with Gasteiger partial charge in [0.1, 0.15) is 23.2 Å². The fourth-order valence-electron chi connectivity index (χ4n) is 4.86. The molecule has 1 heterocycles. The van der Waals surface area contributed by atoms with E-state index in [0.29, 0.717) is 9.52 Å². The van der Waals surface area contributed by atoms with Crippen LogP contribution < -0.4 is 5.19 Å². The van der Waals surface area contributed by atoms with Crippen LogP contribution in [0.1, 0.15) is 22.3 Å². The van der Waals surface area contributed by atoms with E-state index < -0.39 is 5.16 Å². The third-order valence-electron chi connectivity index (χ3n) is 6.76. The van der Waals surface area contributed by atoms with Gasteiger partial charge in [-0.3, -0.25) is 0 Å². The molecule has 0 fully saturated rings. The minimum atomic E-state index is -0.479. The average molecular weight is 547 g/mol. The van der Waals surface area contributed by atoms with Gasteiger partial charge in [0.25, 0.3) is 0 Å². The molecular formula is C36H28BFN2Si. The summed E-state index contributed by atoms with van der Waals surface area (Å²) in [5.41, 5.74) is 5.65. The van der Waals surface area contributed by atoms with Crippen LogP contribution in [-0.4, -0.2) is 26.9 Å². The molecule has 6 aromatic rings. The number of hydrogen-bond donors (Lipinski definition) is 0. The van der Waals surface area contributed by atoms with Crippen LogP contribution in [0.4, 0.5) is 4.39 Å². The third kappa shape index (κ3) is 6.54. The summed E-state index contributed by atoms with van der Waals surface area (Å²) in [6.45, 7) is 0. The summed E-state index contributed by atoms with van der Waals surface area (Å²) in [7, 11) is 5.97. The Labute approximate surface area is 245 Å². The van der Waals surface area contributed by atoms with Crippen molar-refractivity contribution in [2.45, 2.75) is 5.16 Å². The summed E-state index contributed by atoms with van der Waals surface area (Å²) >= 11 is 0. The molecule has 0 saturated carbocycles. The molecule has 5 aromatic carbocycles. The van der Waals surface area contributed by atoms with Gasteiger partial charge in [-0.15, -0.1) is 5.98 Å².